The lowest BCUT2D eigenvalue weighted by Crippen LogP contribution is -2.50. The molecule has 0 aromatic heterocycles. The van der Waals surface area contributed by atoms with Crippen LogP contribution in [0, 0.1) is 17.3 Å². The van der Waals surface area contributed by atoms with Gasteiger partial charge >= 0.3 is 0 Å². The Kier molecular flexibility index (Phi) is 3.73. The molecule has 2 rings (SSSR count). The SMILES string of the molecule is C=CC(CC)CC(CC)CN1CC2(CC2)C1. The molecular formula is C15H27N. The fourth-order valence-corrected chi connectivity index (χ4v) is 3.12. The van der Waals surface area contributed by atoms with Crippen molar-refractivity contribution in [3.8, 4) is 0 Å². The third-order valence-corrected chi connectivity index (χ3v) is 4.66. The zero-order chi connectivity index (χ0) is 11.6. The van der Waals surface area contributed by atoms with Crippen LogP contribution in [0.15, 0.2) is 12.7 Å². The van der Waals surface area contributed by atoms with Gasteiger partial charge in [-0.15, -0.1) is 6.58 Å². The number of hydrogen-bond donors (Lipinski definition) is 0. The molecule has 0 radical (unpaired) electrons. The van der Waals surface area contributed by atoms with E-state index in [1.54, 1.807) is 0 Å². The molecule has 1 heterocycles. The number of hydrogen-bond acceptors (Lipinski definition) is 1. The maximum atomic E-state index is 3.95. The molecule has 1 aliphatic carbocycles. The zero-order valence-electron chi connectivity index (χ0n) is 11.0. The summed E-state index contributed by atoms with van der Waals surface area (Å²) in [6.45, 7) is 12.7. The second-order valence-electron chi connectivity index (χ2n) is 6.08. The second kappa shape index (κ2) is 4.91. The molecule has 16 heavy (non-hydrogen) atoms. The van der Waals surface area contributed by atoms with Crippen LogP contribution in [0.25, 0.3) is 0 Å². The summed E-state index contributed by atoms with van der Waals surface area (Å²) in [6, 6.07) is 0. The molecule has 0 amide bonds. The lowest BCUT2D eigenvalue weighted by atomic mass is 9.88. The third-order valence-electron chi connectivity index (χ3n) is 4.66. The van der Waals surface area contributed by atoms with Crippen LogP contribution < -0.4 is 0 Å². The van der Waals surface area contributed by atoms with Crippen molar-refractivity contribution in [1.82, 2.24) is 4.90 Å². The summed E-state index contributed by atoms with van der Waals surface area (Å²) >= 11 is 0. The Hall–Kier alpha value is -0.300. The van der Waals surface area contributed by atoms with Crippen molar-refractivity contribution in [3.63, 3.8) is 0 Å². The first-order valence-corrected chi connectivity index (χ1v) is 7.06. The fraction of sp³-hybridized carbons (Fsp3) is 0.867. The normalized spacial score (nSPS) is 26.1. The minimum atomic E-state index is 0.737. The molecule has 1 saturated carbocycles. The lowest BCUT2D eigenvalue weighted by molar-refractivity contribution is 0.0598. The van der Waals surface area contributed by atoms with Gasteiger partial charge in [0, 0.05) is 19.6 Å². The monoisotopic (exact) mass is 221 g/mol. The highest BCUT2D eigenvalue weighted by Crippen LogP contribution is 2.53. The van der Waals surface area contributed by atoms with Crippen molar-refractivity contribution in [2.75, 3.05) is 19.6 Å². The fourth-order valence-electron chi connectivity index (χ4n) is 3.12. The maximum absolute atomic E-state index is 3.95. The van der Waals surface area contributed by atoms with Crippen molar-refractivity contribution in [3.05, 3.63) is 12.7 Å². The van der Waals surface area contributed by atoms with E-state index in [0.29, 0.717) is 0 Å². The molecule has 1 aliphatic heterocycles. The van der Waals surface area contributed by atoms with Crippen molar-refractivity contribution in [2.45, 2.75) is 46.0 Å². The molecule has 1 spiro atoms. The van der Waals surface area contributed by atoms with Crippen LogP contribution in [0.3, 0.4) is 0 Å². The van der Waals surface area contributed by atoms with Crippen LogP contribution in [0.1, 0.15) is 46.0 Å². The Morgan fingerprint density at radius 3 is 2.38 bits per heavy atom. The number of nitrogens with zero attached hydrogens (tertiary/aromatic N) is 1. The van der Waals surface area contributed by atoms with Gasteiger partial charge in [-0.25, -0.2) is 0 Å². The van der Waals surface area contributed by atoms with Gasteiger partial charge in [-0.05, 0) is 42.9 Å². The first kappa shape index (κ1) is 12.2. The summed E-state index contributed by atoms with van der Waals surface area (Å²) in [5, 5.41) is 0. The van der Waals surface area contributed by atoms with E-state index in [2.05, 4.69) is 31.4 Å². The van der Waals surface area contributed by atoms with Crippen molar-refractivity contribution >= 4 is 0 Å². The molecule has 2 aliphatic rings. The van der Waals surface area contributed by atoms with Crippen molar-refractivity contribution in [2.24, 2.45) is 17.3 Å². The summed E-state index contributed by atoms with van der Waals surface area (Å²) < 4.78 is 0. The van der Waals surface area contributed by atoms with Gasteiger partial charge in [-0.1, -0.05) is 26.3 Å². The first-order valence-electron chi connectivity index (χ1n) is 7.06. The van der Waals surface area contributed by atoms with Crippen LogP contribution in [0.2, 0.25) is 0 Å². The van der Waals surface area contributed by atoms with E-state index < -0.39 is 0 Å². The second-order valence-corrected chi connectivity index (χ2v) is 6.08. The van der Waals surface area contributed by atoms with Crippen LogP contribution in [-0.2, 0) is 0 Å². The average molecular weight is 221 g/mol. The third kappa shape index (κ3) is 2.68. The van der Waals surface area contributed by atoms with Crippen LogP contribution in [0.4, 0.5) is 0 Å². The number of likely N-dealkylation sites (tertiary alicyclic amines) is 1. The van der Waals surface area contributed by atoms with Gasteiger partial charge in [0.15, 0.2) is 0 Å². The summed E-state index contributed by atoms with van der Waals surface area (Å²) in [6.07, 6.45) is 9.09. The smallest absolute Gasteiger partial charge is 0.00506 e. The highest BCUT2D eigenvalue weighted by molar-refractivity contribution is 5.05. The zero-order valence-corrected chi connectivity index (χ0v) is 11.0. The molecule has 2 fully saturated rings. The molecule has 2 unspecified atom stereocenters. The van der Waals surface area contributed by atoms with E-state index >= 15 is 0 Å². The number of allylic oxidation sites excluding steroid dienone is 1. The van der Waals surface area contributed by atoms with E-state index in [9.17, 15) is 0 Å². The molecule has 0 N–H and O–H groups in total. The largest absolute Gasteiger partial charge is 0.302 e. The minimum absolute atomic E-state index is 0.737. The summed E-state index contributed by atoms with van der Waals surface area (Å²) in [5.74, 6) is 1.63. The summed E-state index contributed by atoms with van der Waals surface area (Å²) in [7, 11) is 0. The Balaban J connectivity index is 1.70. The highest BCUT2D eigenvalue weighted by Gasteiger charge is 2.52. The minimum Gasteiger partial charge on any atom is -0.302 e. The Bertz CT molecular complexity index is 234. The summed E-state index contributed by atoms with van der Waals surface area (Å²) in [4.78, 5) is 2.68. The van der Waals surface area contributed by atoms with Gasteiger partial charge in [-0.2, -0.15) is 0 Å². The number of rotatable bonds is 7. The van der Waals surface area contributed by atoms with E-state index in [1.807, 2.05) is 0 Å². The molecule has 92 valence electrons. The Morgan fingerprint density at radius 2 is 1.94 bits per heavy atom. The van der Waals surface area contributed by atoms with Gasteiger partial charge in [0.25, 0.3) is 0 Å². The average Bonchev–Trinajstić information content (AvgIpc) is 3.03. The predicted molar refractivity (Wildman–Crippen MR) is 70.5 cm³/mol. The Labute approximate surface area is 101 Å². The lowest BCUT2D eigenvalue weighted by Gasteiger charge is -2.42. The topological polar surface area (TPSA) is 3.24 Å². The van der Waals surface area contributed by atoms with Gasteiger partial charge in [-0.3, -0.25) is 0 Å². The van der Waals surface area contributed by atoms with Gasteiger partial charge in [0.2, 0.25) is 0 Å². The van der Waals surface area contributed by atoms with Crippen LogP contribution >= 0.6 is 0 Å². The van der Waals surface area contributed by atoms with Gasteiger partial charge in [0.1, 0.15) is 0 Å². The molecule has 0 bridgehead atoms. The van der Waals surface area contributed by atoms with Crippen LogP contribution in [0.5, 0.6) is 0 Å². The standard InChI is InChI=1S/C15H27N/c1-4-13(5-2)9-14(6-3)10-16-11-15(12-16)7-8-15/h4,13-14H,1,5-12H2,2-3H3. The molecule has 1 heteroatoms. The van der Waals surface area contributed by atoms with E-state index in [0.717, 1.165) is 17.3 Å². The van der Waals surface area contributed by atoms with E-state index in [-0.39, 0.29) is 0 Å². The Morgan fingerprint density at radius 1 is 1.25 bits per heavy atom. The quantitative estimate of drug-likeness (QED) is 0.592. The van der Waals surface area contributed by atoms with E-state index in [4.69, 9.17) is 0 Å². The van der Waals surface area contributed by atoms with E-state index in [1.165, 1.54) is 51.7 Å². The maximum Gasteiger partial charge on any atom is 0.00506 e. The molecule has 1 saturated heterocycles. The van der Waals surface area contributed by atoms with Crippen LogP contribution in [-0.4, -0.2) is 24.5 Å². The van der Waals surface area contributed by atoms with Crippen molar-refractivity contribution in [1.29, 1.82) is 0 Å². The van der Waals surface area contributed by atoms with Crippen molar-refractivity contribution < 1.29 is 0 Å². The first-order chi connectivity index (χ1) is 7.71. The molecular weight excluding hydrogens is 194 g/mol. The highest BCUT2D eigenvalue weighted by atomic mass is 15.2. The molecule has 2 atom stereocenters. The summed E-state index contributed by atoms with van der Waals surface area (Å²) in [5.41, 5.74) is 0.820. The predicted octanol–water partition coefficient (Wildman–Crippen LogP) is 3.71. The molecule has 1 nitrogen and oxygen atoms in total. The van der Waals surface area contributed by atoms with Gasteiger partial charge < -0.3 is 4.90 Å². The van der Waals surface area contributed by atoms with Gasteiger partial charge in [0.05, 0.1) is 0 Å². The molecule has 0 aromatic carbocycles. The molecule has 0 aromatic rings.